The van der Waals surface area contributed by atoms with Crippen molar-refractivity contribution in [2.75, 3.05) is 7.11 Å². The Balaban J connectivity index is 0. The van der Waals surface area contributed by atoms with Crippen LogP contribution in [0.2, 0.25) is 0 Å². The minimum Gasteiger partial charge on any atom is -1.00 e. The van der Waals surface area contributed by atoms with Crippen molar-refractivity contribution in [2.24, 2.45) is 0 Å². The van der Waals surface area contributed by atoms with E-state index >= 15 is 0 Å². The van der Waals surface area contributed by atoms with Crippen LogP contribution in [0, 0.1) is 0 Å². The molecular formula is C5H7LiN2O. The van der Waals surface area contributed by atoms with Crippen molar-refractivity contribution in [3.05, 3.63) is 18.5 Å². The Kier molecular flexibility index (Phi) is 4.11. The largest absolute Gasteiger partial charge is 1.00 e. The topological polar surface area (TPSA) is 35.0 Å². The van der Waals surface area contributed by atoms with Gasteiger partial charge in [0.25, 0.3) is 0 Å². The Morgan fingerprint density at radius 2 is 2.00 bits per heavy atom. The summed E-state index contributed by atoms with van der Waals surface area (Å²) < 4.78 is 4.69. The molecule has 0 saturated heterocycles. The van der Waals surface area contributed by atoms with E-state index in [1.807, 2.05) is 0 Å². The van der Waals surface area contributed by atoms with Crippen molar-refractivity contribution >= 4 is 0 Å². The molecule has 0 saturated carbocycles. The van der Waals surface area contributed by atoms with E-state index in [0.717, 1.165) is 0 Å². The fourth-order valence-corrected chi connectivity index (χ4v) is 0.391. The zero-order valence-electron chi connectivity index (χ0n) is 6.53. The molecule has 0 aliphatic carbocycles. The van der Waals surface area contributed by atoms with E-state index in [2.05, 4.69) is 9.97 Å². The molecule has 0 N–H and O–H groups in total. The van der Waals surface area contributed by atoms with Gasteiger partial charge >= 0.3 is 24.9 Å². The van der Waals surface area contributed by atoms with Crippen LogP contribution in [-0.4, -0.2) is 17.1 Å². The fourth-order valence-electron chi connectivity index (χ4n) is 0.391. The number of aromatic nitrogens is 2. The molecule has 1 aromatic rings. The van der Waals surface area contributed by atoms with Gasteiger partial charge in [0.1, 0.15) is 0 Å². The molecule has 0 bridgehead atoms. The zero-order valence-corrected chi connectivity index (χ0v) is 5.53. The van der Waals surface area contributed by atoms with Gasteiger partial charge < -0.3 is 6.16 Å². The summed E-state index contributed by atoms with van der Waals surface area (Å²) in [7, 11) is 1.54. The van der Waals surface area contributed by atoms with Gasteiger partial charge in [-0.1, -0.05) is 0 Å². The maximum Gasteiger partial charge on any atom is 1.00 e. The second-order valence-electron chi connectivity index (χ2n) is 1.24. The third kappa shape index (κ3) is 2.50. The van der Waals surface area contributed by atoms with Crippen LogP contribution in [0.25, 0.3) is 0 Å². The van der Waals surface area contributed by atoms with Gasteiger partial charge in [-0.05, 0) is 6.07 Å². The monoisotopic (exact) mass is 118 g/mol. The standard InChI is InChI=1S/C5H6N2O.Li.H/c1-8-5-6-3-2-4-7-5;;/h2-4H,1H3;;/q;+1;-1. The Labute approximate surface area is 67.1 Å². The third-order valence-electron chi connectivity index (χ3n) is 0.725. The summed E-state index contributed by atoms with van der Waals surface area (Å²) in [6, 6.07) is 2.15. The molecule has 9 heavy (non-hydrogen) atoms. The molecule has 0 unspecified atom stereocenters. The van der Waals surface area contributed by atoms with Gasteiger partial charge in [0, 0.05) is 12.4 Å². The normalized spacial score (nSPS) is 7.67. The summed E-state index contributed by atoms with van der Waals surface area (Å²) in [6.45, 7) is 0. The van der Waals surface area contributed by atoms with Gasteiger partial charge in [-0.2, -0.15) is 0 Å². The number of ether oxygens (including phenoxy) is 1. The van der Waals surface area contributed by atoms with Crippen molar-refractivity contribution in [3.63, 3.8) is 0 Å². The molecule has 0 aliphatic rings. The van der Waals surface area contributed by atoms with E-state index in [1.54, 1.807) is 18.5 Å². The third-order valence-corrected chi connectivity index (χ3v) is 0.725. The van der Waals surface area contributed by atoms with Crippen molar-refractivity contribution in [1.82, 2.24) is 9.97 Å². The molecular weight excluding hydrogens is 111 g/mol. The minimum atomic E-state index is 0. The second kappa shape index (κ2) is 4.37. The van der Waals surface area contributed by atoms with Gasteiger partial charge in [-0.25, -0.2) is 9.97 Å². The molecule has 1 heterocycles. The molecule has 0 fully saturated rings. The number of hydrogen-bond donors (Lipinski definition) is 0. The molecule has 1 rings (SSSR count). The van der Waals surface area contributed by atoms with E-state index in [1.165, 1.54) is 7.11 Å². The number of methoxy groups -OCH3 is 1. The van der Waals surface area contributed by atoms with Gasteiger partial charge in [0.05, 0.1) is 7.11 Å². The van der Waals surface area contributed by atoms with Crippen molar-refractivity contribution < 1.29 is 25.0 Å². The van der Waals surface area contributed by atoms with E-state index in [-0.39, 0.29) is 20.3 Å². The predicted octanol–water partition coefficient (Wildman–Crippen LogP) is -2.40. The van der Waals surface area contributed by atoms with Crippen LogP contribution >= 0.6 is 0 Å². The first-order valence-electron chi connectivity index (χ1n) is 2.24. The molecule has 0 amide bonds. The Bertz CT molecular complexity index is 161. The van der Waals surface area contributed by atoms with E-state index < -0.39 is 0 Å². The Hall–Kier alpha value is -0.523. The van der Waals surface area contributed by atoms with E-state index in [0.29, 0.717) is 6.01 Å². The van der Waals surface area contributed by atoms with E-state index in [9.17, 15) is 0 Å². The minimum absolute atomic E-state index is 0. The van der Waals surface area contributed by atoms with Crippen LogP contribution < -0.4 is 23.6 Å². The summed E-state index contributed by atoms with van der Waals surface area (Å²) in [6.07, 6.45) is 3.26. The number of hydrogen-bond acceptors (Lipinski definition) is 3. The Morgan fingerprint density at radius 1 is 1.44 bits per heavy atom. The van der Waals surface area contributed by atoms with E-state index in [4.69, 9.17) is 4.74 Å². The SMILES string of the molecule is COc1ncccn1.[H-].[Li+]. The summed E-state index contributed by atoms with van der Waals surface area (Å²) in [5, 5.41) is 0. The molecule has 4 heteroatoms. The molecule has 0 aromatic carbocycles. The number of nitrogens with zero attached hydrogens (tertiary/aromatic N) is 2. The summed E-state index contributed by atoms with van der Waals surface area (Å²) in [4.78, 5) is 7.53. The Morgan fingerprint density at radius 3 is 2.33 bits per heavy atom. The first-order chi connectivity index (χ1) is 3.93. The smallest absolute Gasteiger partial charge is 1.00 e. The van der Waals surface area contributed by atoms with Crippen LogP contribution in [0.3, 0.4) is 0 Å². The fraction of sp³-hybridized carbons (Fsp3) is 0.200. The van der Waals surface area contributed by atoms with Crippen LogP contribution in [0.5, 0.6) is 6.01 Å². The quantitative estimate of drug-likeness (QED) is 0.386. The first kappa shape index (κ1) is 8.48. The maximum atomic E-state index is 4.69. The van der Waals surface area contributed by atoms with Gasteiger partial charge in [-0.3, -0.25) is 0 Å². The van der Waals surface area contributed by atoms with Crippen molar-refractivity contribution in [3.8, 4) is 6.01 Å². The molecule has 0 radical (unpaired) electrons. The van der Waals surface area contributed by atoms with Crippen LogP contribution in [0.4, 0.5) is 0 Å². The maximum absolute atomic E-state index is 4.69. The van der Waals surface area contributed by atoms with Crippen LogP contribution in [0.15, 0.2) is 18.5 Å². The van der Waals surface area contributed by atoms with Gasteiger partial charge in [-0.15, -0.1) is 0 Å². The molecule has 0 spiro atoms. The van der Waals surface area contributed by atoms with Crippen molar-refractivity contribution in [2.45, 2.75) is 0 Å². The van der Waals surface area contributed by atoms with Crippen molar-refractivity contribution in [1.29, 1.82) is 0 Å². The summed E-state index contributed by atoms with van der Waals surface area (Å²) >= 11 is 0. The average molecular weight is 118 g/mol. The molecule has 0 aliphatic heterocycles. The molecule has 0 atom stereocenters. The molecule has 44 valence electrons. The molecule has 1 aromatic heterocycles. The van der Waals surface area contributed by atoms with Gasteiger partial charge in [0.2, 0.25) is 0 Å². The molecule has 3 nitrogen and oxygen atoms in total. The average Bonchev–Trinajstić information content (AvgIpc) is 1.90. The number of rotatable bonds is 1. The first-order valence-corrected chi connectivity index (χ1v) is 2.24. The predicted molar refractivity (Wildman–Crippen MR) is 29.7 cm³/mol. The zero-order chi connectivity index (χ0) is 5.82. The van der Waals surface area contributed by atoms with Crippen LogP contribution in [-0.2, 0) is 0 Å². The summed E-state index contributed by atoms with van der Waals surface area (Å²) in [5.41, 5.74) is 0. The summed E-state index contributed by atoms with van der Waals surface area (Å²) in [5.74, 6) is 0. The second-order valence-corrected chi connectivity index (χ2v) is 1.24. The van der Waals surface area contributed by atoms with Gasteiger partial charge in [0.15, 0.2) is 0 Å². The van der Waals surface area contributed by atoms with Crippen LogP contribution in [0.1, 0.15) is 1.43 Å².